The summed E-state index contributed by atoms with van der Waals surface area (Å²) in [5.41, 5.74) is 1.23. The Morgan fingerprint density at radius 3 is 2.25 bits per heavy atom. The van der Waals surface area contributed by atoms with Gasteiger partial charge >= 0.3 is 0 Å². The lowest BCUT2D eigenvalue weighted by Crippen LogP contribution is -2.18. The first-order valence-corrected chi connectivity index (χ1v) is 8.18. The van der Waals surface area contributed by atoms with Crippen molar-refractivity contribution >= 4 is 45.9 Å². The van der Waals surface area contributed by atoms with Crippen LogP contribution in [-0.2, 0) is 6.54 Å². The summed E-state index contributed by atoms with van der Waals surface area (Å²) >= 11 is 7.07. The van der Waals surface area contributed by atoms with Gasteiger partial charge in [-0.15, -0.1) is 0 Å². The maximum Gasteiger partial charge on any atom is 0.200 e. The maximum absolute atomic E-state index is 9.67. The zero-order valence-corrected chi connectivity index (χ0v) is 15.2. The maximum atomic E-state index is 9.67. The van der Waals surface area contributed by atoms with E-state index in [0.29, 0.717) is 19.7 Å². The van der Waals surface area contributed by atoms with Crippen LogP contribution >= 0.6 is 34.8 Å². The van der Waals surface area contributed by atoms with Crippen LogP contribution in [0.2, 0.25) is 0 Å². The van der Waals surface area contributed by atoms with Gasteiger partial charge in [0, 0.05) is 6.54 Å². The fourth-order valence-electron chi connectivity index (χ4n) is 1.88. The lowest BCUT2D eigenvalue weighted by molar-refractivity contribution is 0.367. The molecular formula is C16H14INO5S. The summed E-state index contributed by atoms with van der Waals surface area (Å²) in [5.74, 6) is -1.77. The number of hydrogen-bond acceptors (Lipinski definition) is 6. The first kappa shape index (κ1) is 18.1. The number of benzene rings is 2. The third-order valence-corrected chi connectivity index (χ3v) is 4.55. The molecule has 0 unspecified atom stereocenters. The molecule has 0 aliphatic rings. The highest BCUT2D eigenvalue weighted by atomic mass is 127. The number of phenolic OH excluding ortho intramolecular Hbond substituents is 5. The largest absolute Gasteiger partial charge is 0.504 e. The fraction of sp³-hybridized carbons (Fsp3) is 0.0625. The van der Waals surface area contributed by atoms with E-state index >= 15 is 0 Å². The number of thiocarbonyl (C=S) groups is 1. The molecule has 8 heteroatoms. The second-order valence-corrected chi connectivity index (χ2v) is 6.39. The average Bonchev–Trinajstić information content (AvgIpc) is 2.55. The van der Waals surface area contributed by atoms with Crippen molar-refractivity contribution in [2.24, 2.45) is 0 Å². The SMILES string of the molecule is Oc1cc(CNC(=S)C=Cc2ccc(O)c(O)c2I)cc(O)c1O. The molecule has 0 bridgehead atoms. The highest BCUT2D eigenvalue weighted by Crippen LogP contribution is 2.35. The molecule has 126 valence electrons. The molecule has 2 aromatic carbocycles. The standard InChI is InChI=1S/C16H14INO5S/c17-14-9(1-3-10(19)16(14)23)2-4-13(24)18-7-8-5-11(20)15(22)12(21)6-8/h1-6,19-23H,7H2,(H,18,24). The van der Waals surface area contributed by atoms with Crippen LogP contribution in [0.25, 0.3) is 6.08 Å². The van der Waals surface area contributed by atoms with Crippen molar-refractivity contribution in [3.8, 4) is 28.7 Å². The molecule has 2 rings (SSSR count). The van der Waals surface area contributed by atoms with Crippen molar-refractivity contribution in [1.82, 2.24) is 5.32 Å². The Morgan fingerprint density at radius 2 is 1.62 bits per heavy atom. The molecule has 0 atom stereocenters. The van der Waals surface area contributed by atoms with Gasteiger partial charge in [0.2, 0.25) is 0 Å². The van der Waals surface area contributed by atoms with Crippen molar-refractivity contribution in [3.05, 3.63) is 45.0 Å². The normalized spacial score (nSPS) is 10.9. The predicted molar refractivity (Wildman–Crippen MR) is 102 cm³/mol. The van der Waals surface area contributed by atoms with Crippen LogP contribution in [0.1, 0.15) is 11.1 Å². The van der Waals surface area contributed by atoms with E-state index in [4.69, 9.17) is 12.2 Å². The van der Waals surface area contributed by atoms with Gasteiger partial charge in [0.15, 0.2) is 28.7 Å². The molecule has 0 fully saturated rings. The Morgan fingerprint density at radius 1 is 1.00 bits per heavy atom. The zero-order chi connectivity index (χ0) is 17.9. The predicted octanol–water partition coefficient (Wildman–Crippen LogP) is 2.95. The fourth-order valence-corrected chi connectivity index (χ4v) is 2.65. The quantitative estimate of drug-likeness (QED) is 0.180. The molecular weight excluding hydrogens is 445 g/mol. The second kappa shape index (κ2) is 7.58. The van der Waals surface area contributed by atoms with E-state index < -0.39 is 17.2 Å². The molecule has 6 N–H and O–H groups in total. The Balaban J connectivity index is 2.03. The van der Waals surface area contributed by atoms with Crippen LogP contribution in [0.3, 0.4) is 0 Å². The van der Waals surface area contributed by atoms with Crippen LogP contribution in [-0.4, -0.2) is 30.5 Å². The molecule has 0 radical (unpaired) electrons. The summed E-state index contributed by atoms with van der Waals surface area (Å²) < 4.78 is 0.500. The van der Waals surface area contributed by atoms with Crippen LogP contribution in [0.15, 0.2) is 30.3 Å². The van der Waals surface area contributed by atoms with Crippen LogP contribution in [0, 0.1) is 3.57 Å². The summed E-state index contributed by atoms with van der Waals surface area (Å²) in [5, 5.41) is 50.2. The van der Waals surface area contributed by atoms with Crippen molar-refractivity contribution < 1.29 is 25.5 Å². The Labute approximate surface area is 156 Å². The Bertz CT molecular complexity index is 799. The highest BCUT2D eigenvalue weighted by molar-refractivity contribution is 14.1. The summed E-state index contributed by atoms with van der Waals surface area (Å²) in [6, 6.07) is 5.66. The van der Waals surface area contributed by atoms with E-state index in [2.05, 4.69) is 5.32 Å². The van der Waals surface area contributed by atoms with Crippen molar-refractivity contribution in [1.29, 1.82) is 0 Å². The summed E-state index contributed by atoms with van der Waals surface area (Å²) in [7, 11) is 0. The van der Waals surface area contributed by atoms with Crippen molar-refractivity contribution in [2.45, 2.75) is 6.54 Å². The molecule has 0 heterocycles. The van der Waals surface area contributed by atoms with E-state index in [1.807, 2.05) is 22.6 Å². The first-order chi connectivity index (χ1) is 11.3. The number of phenols is 5. The van der Waals surface area contributed by atoms with Gasteiger partial charge in [-0.1, -0.05) is 18.3 Å². The Kier molecular flexibility index (Phi) is 5.73. The monoisotopic (exact) mass is 459 g/mol. The molecule has 0 amide bonds. The number of aromatic hydroxyl groups is 5. The minimum absolute atomic E-state index is 0.188. The lowest BCUT2D eigenvalue weighted by atomic mass is 10.1. The zero-order valence-electron chi connectivity index (χ0n) is 12.2. The lowest BCUT2D eigenvalue weighted by Gasteiger charge is -2.08. The van der Waals surface area contributed by atoms with Gasteiger partial charge in [0.25, 0.3) is 0 Å². The molecule has 0 aliphatic carbocycles. The molecule has 0 aliphatic heterocycles. The van der Waals surface area contributed by atoms with E-state index in [1.165, 1.54) is 18.2 Å². The molecule has 0 saturated heterocycles. The van der Waals surface area contributed by atoms with Gasteiger partial charge < -0.3 is 30.8 Å². The number of hydrogen-bond donors (Lipinski definition) is 6. The number of rotatable bonds is 4. The van der Waals surface area contributed by atoms with Gasteiger partial charge in [0.1, 0.15) is 0 Å². The van der Waals surface area contributed by atoms with E-state index in [-0.39, 0.29) is 18.0 Å². The smallest absolute Gasteiger partial charge is 0.200 e. The number of nitrogens with one attached hydrogen (secondary N) is 1. The molecule has 24 heavy (non-hydrogen) atoms. The van der Waals surface area contributed by atoms with Gasteiger partial charge in [-0.05, 0) is 64.1 Å². The average molecular weight is 459 g/mol. The van der Waals surface area contributed by atoms with E-state index in [9.17, 15) is 25.5 Å². The van der Waals surface area contributed by atoms with Crippen molar-refractivity contribution in [2.75, 3.05) is 0 Å². The third kappa shape index (κ3) is 4.20. The molecule has 0 spiro atoms. The van der Waals surface area contributed by atoms with E-state index in [1.54, 1.807) is 18.2 Å². The number of halogens is 1. The molecule has 0 aromatic heterocycles. The first-order valence-electron chi connectivity index (χ1n) is 6.69. The highest BCUT2D eigenvalue weighted by Gasteiger charge is 2.09. The summed E-state index contributed by atoms with van der Waals surface area (Å²) in [6.45, 7) is 0.239. The summed E-state index contributed by atoms with van der Waals surface area (Å²) in [6.07, 6.45) is 3.30. The van der Waals surface area contributed by atoms with Crippen molar-refractivity contribution in [3.63, 3.8) is 0 Å². The summed E-state index contributed by atoms with van der Waals surface area (Å²) in [4.78, 5) is 0.394. The molecule has 2 aromatic rings. The van der Waals surface area contributed by atoms with Gasteiger partial charge in [0.05, 0.1) is 8.56 Å². The second-order valence-electron chi connectivity index (χ2n) is 4.87. The minimum Gasteiger partial charge on any atom is -0.504 e. The van der Waals surface area contributed by atoms with Gasteiger partial charge in [-0.25, -0.2) is 0 Å². The van der Waals surface area contributed by atoms with Crippen LogP contribution < -0.4 is 5.32 Å². The van der Waals surface area contributed by atoms with E-state index in [0.717, 1.165) is 0 Å². The van der Waals surface area contributed by atoms with Crippen LogP contribution in [0.5, 0.6) is 28.7 Å². The van der Waals surface area contributed by atoms with Gasteiger partial charge in [-0.3, -0.25) is 0 Å². The molecule has 6 nitrogen and oxygen atoms in total. The minimum atomic E-state index is -0.567. The van der Waals surface area contributed by atoms with Gasteiger partial charge in [-0.2, -0.15) is 0 Å². The third-order valence-electron chi connectivity index (χ3n) is 3.14. The topological polar surface area (TPSA) is 113 Å². The molecule has 0 saturated carbocycles. The van der Waals surface area contributed by atoms with Crippen LogP contribution in [0.4, 0.5) is 0 Å². The Hall–Kier alpha value is -2.20.